The fraction of sp³-hybridized carbons (Fsp3) is 0.643. The average molecular weight is 1090 g/mol. The van der Waals surface area contributed by atoms with E-state index in [2.05, 4.69) is 135 Å². The van der Waals surface area contributed by atoms with E-state index in [9.17, 15) is 0 Å². The van der Waals surface area contributed by atoms with Crippen LogP contribution in [-0.2, 0) is 41.7 Å². The maximum atomic E-state index is 4.93. The molecule has 4 fully saturated rings. The van der Waals surface area contributed by atoms with Crippen LogP contribution < -0.4 is 0 Å². The second-order valence-corrected chi connectivity index (χ2v) is 28.2. The number of allylic oxidation sites excluding steroid dienone is 14. The van der Waals surface area contributed by atoms with Crippen LogP contribution in [0.4, 0.5) is 0 Å². The first-order valence-electron chi connectivity index (χ1n) is 22.5. The third-order valence-corrected chi connectivity index (χ3v) is 15.4. The molecule has 62 heavy (non-hydrogen) atoms. The van der Waals surface area contributed by atoms with Crippen molar-refractivity contribution in [3.63, 3.8) is 0 Å². The molecule has 0 bridgehead atoms. The summed E-state index contributed by atoms with van der Waals surface area (Å²) in [5, 5.41) is 0. The topological polar surface area (TPSA) is 0 Å². The summed E-state index contributed by atoms with van der Waals surface area (Å²) < 4.78 is 0. The Kier molecular flexibility index (Phi) is 32.5. The standard InChI is InChI=1S/C32H48.C19H28.CH4.4CH3.4ClH.2Zr/c1-9-10-19-32(8,22-13-11-12-14-22)29-27-20-23(30(2,3)4)15-17-25(27)26-18-16-24(21-28(26)29)31(5,6)7;1-2-7-16-14-17(13-12-15-8-3-4-9-15)19-11-6-5-10-18(16)19;;;;;;;;;;;/h9,15-18,20-22,25-29H,1,10-14,19H2,2-8H3;2,5-6,10-11,15-19H,1,3-4,7-9,12-14H2;1H4;4*1H3;4*1H;;/q;;;4*-1;;;;;2*+4/p-4. The van der Waals surface area contributed by atoms with Gasteiger partial charge in [-0.05, 0) is 137 Å². The molecule has 0 aromatic carbocycles. The van der Waals surface area contributed by atoms with E-state index >= 15 is 0 Å². The van der Waals surface area contributed by atoms with E-state index in [0.717, 1.165) is 41.9 Å². The number of halogens is 4. The summed E-state index contributed by atoms with van der Waals surface area (Å²) in [5.41, 5.74) is 3.90. The van der Waals surface area contributed by atoms with Gasteiger partial charge in [-0.2, -0.15) is 0 Å². The molecule has 0 nitrogen and oxygen atoms in total. The molecule has 0 saturated heterocycles. The molecule has 352 valence electrons. The molecule has 9 atom stereocenters. The van der Waals surface area contributed by atoms with Crippen molar-refractivity contribution in [1.29, 1.82) is 0 Å². The Bertz CT molecular complexity index is 1390. The van der Waals surface area contributed by atoms with Crippen molar-refractivity contribution in [2.45, 2.75) is 146 Å². The van der Waals surface area contributed by atoms with Crippen molar-refractivity contribution in [2.24, 2.45) is 81.3 Å². The van der Waals surface area contributed by atoms with Gasteiger partial charge in [0.1, 0.15) is 0 Å². The molecule has 0 aromatic rings. The molecule has 9 unspecified atom stereocenters. The summed E-state index contributed by atoms with van der Waals surface area (Å²) in [6, 6.07) is 0. The van der Waals surface area contributed by atoms with Gasteiger partial charge in [-0.1, -0.05) is 174 Å². The van der Waals surface area contributed by atoms with Gasteiger partial charge in [0.25, 0.3) is 0 Å². The first-order chi connectivity index (χ1) is 27.2. The first-order valence-corrected chi connectivity index (χ1v) is 35.1. The van der Waals surface area contributed by atoms with Crippen LogP contribution in [0.5, 0.6) is 0 Å². The minimum absolute atomic E-state index is 0. The number of rotatable bonds is 10. The van der Waals surface area contributed by atoms with Gasteiger partial charge in [0.2, 0.25) is 0 Å². The maximum absolute atomic E-state index is 4.93. The molecule has 0 N–H and O–H groups in total. The molecule has 0 aliphatic heterocycles. The predicted molar refractivity (Wildman–Crippen MR) is 279 cm³/mol. The normalized spacial score (nSPS) is 29.7. The van der Waals surface area contributed by atoms with E-state index in [0.29, 0.717) is 35.0 Å². The monoisotopic (exact) mass is 1080 g/mol. The van der Waals surface area contributed by atoms with E-state index in [-0.39, 0.29) is 48.0 Å². The van der Waals surface area contributed by atoms with Crippen LogP contribution in [0.3, 0.4) is 0 Å². The van der Waals surface area contributed by atoms with Gasteiger partial charge < -0.3 is 29.7 Å². The second kappa shape index (κ2) is 31.1. The van der Waals surface area contributed by atoms with Gasteiger partial charge in [0.15, 0.2) is 0 Å². The molecular formula is C56H92Cl4Zr2. The Morgan fingerprint density at radius 1 is 0.597 bits per heavy atom. The molecule has 7 rings (SSSR count). The molecule has 4 saturated carbocycles. The zero-order valence-electron chi connectivity index (χ0n) is 40.6. The Labute approximate surface area is 425 Å². The Morgan fingerprint density at radius 3 is 1.45 bits per heavy atom. The van der Waals surface area contributed by atoms with Crippen molar-refractivity contribution < 1.29 is 41.7 Å². The van der Waals surface area contributed by atoms with Crippen molar-refractivity contribution >= 4 is 34.1 Å². The summed E-state index contributed by atoms with van der Waals surface area (Å²) in [5.74, 6) is 8.66. The Morgan fingerprint density at radius 2 is 1.03 bits per heavy atom. The molecule has 0 aromatic heterocycles. The van der Waals surface area contributed by atoms with E-state index in [1.807, 2.05) is 0 Å². The molecule has 0 amide bonds. The van der Waals surface area contributed by atoms with Crippen LogP contribution in [0.2, 0.25) is 0 Å². The zero-order chi connectivity index (χ0) is 41.8. The van der Waals surface area contributed by atoms with Gasteiger partial charge in [0.05, 0.1) is 0 Å². The van der Waals surface area contributed by atoms with Crippen LogP contribution >= 0.6 is 34.1 Å². The molecule has 0 heterocycles. The first kappa shape index (κ1) is 64.9. The Hall–Kier alpha value is 0.846. The third kappa shape index (κ3) is 17.1. The quantitative estimate of drug-likeness (QED) is 0.151. The molecule has 0 spiro atoms. The minimum atomic E-state index is -0.826. The Balaban J connectivity index is 0. The summed E-state index contributed by atoms with van der Waals surface area (Å²) in [7, 11) is 19.7. The fourth-order valence-corrected chi connectivity index (χ4v) is 12.5. The second-order valence-electron chi connectivity index (χ2n) is 20.7. The number of hydrogen-bond donors (Lipinski definition) is 0. The van der Waals surface area contributed by atoms with Gasteiger partial charge in [0, 0.05) is 0 Å². The van der Waals surface area contributed by atoms with Crippen molar-refractivity contribution in [1.82, 2.24) is 0 Å². The van der Waals surface area contributed by atoms with Crippen LogP contribution in [0.25, 0.3) is 0 Å². The van der Waals surface area contributed by atoms with Crippen LogP contribution in [0.1, 0.15) is 146 Å². The van der Waals surface area contributed by atoms with E-state index < -0.39 is 41.7 Å². The van der Waals surface area contributed by atoms with Crippen molar-refractivity contribution in [3.05, 3.63) is 127 Å². The summed E-state index contributed by atoms with van der Waals surface area (Å²) in [6.45, 7) is 25.0. The van der Waals surface area contributed by atoms with Gasteiger partial charge in [-0.25, -0.2) is 0 Å². The number of fused-ring (bicyclic) bond motifs is 4. The van der Waals surface area contributed by atoms with E-state index in [4.69, 9.17) is 34.1 Å². The summed E-state index contributed by atoms with van der Waals surface area (Å²) >= 11 is -1.65. The molecule has 0 radical (unpaired) electrons. The van der Waals surface area contributed by atoms with E-state index in [1.165, 1.54) is 83.5 Å². The summed E-state index contributed by atoms with van der Waals surface area (Å²) in [6.07, 6.45) is 49.1. The third-order valence-electron chi connectivity index (χ3n) is 15.4. The molecule has 6 heteroatoms. The van der Waals surface area contributed by atoms with Crippen molar-refractivity contribution in [3.8, 4) is 0 Å². The number of hydrogen-bond acceptors (Lipinski definition) is 0. The van der Waals surface area contributed by atoms with E-state index in [1.54, 1.807) is 11.1 Å². The SMILES string of the molecule is C.C=CCC1CC(CCC2CCCC2)C2C=CC=CC12.C=CCCC(C)(C1CCCC1)C1C2C=C(C(C)(C)C)C=CC2C2C=CC(C(C)(C)C)=CC21.[CH3-].[CH3-].[CH3-].[CH3-].[Cl][Zr+2][Cl].[Cl][Zr+2][Cl]. The van der Waals surface area contributed by atoms with Crippen LogP contribution in [0.15, 0.2) is 97.2 Å². The van der Waals surface area contributed by atoms with Crippen LogP contribution in [-0.4, -0.2) is 0 Å². The van der Waals surface area contributed by atoms with Gasteiger partial charge >= 0.3 is 75.7 Å². The summed E-state index contributed by atoms with van der Waals surface area (Å²) in [4.78, 5) is 0. The molecular weight excluding hydrogens is 997 g/mol. The van der Waals surface area contributed by atoms with Gasteiger partial charge in [-0.15, -0.1) is 13.2 Å². The molecule has 7 aliphatic carbocycles. The average Bonchev–Trinajstić information content (AvgIpc) is 4.00. The van der Waals surface area contributed by atoms with Crippen molar-refractivity contribution in [2.75, 3.05) is 0 Å². The van der Waals surface area contributed by atoms with Crippen LogP contribution in [0, 0.1) is 111 Å². The zero-order valence-corrected chi connectivity index (χ0v) is 48.5. The molecule has 7 aliphatic rings. The fourth-order valence-electron chi connectivity index (χ4n) is 12.5. The van der Waals surface area contributed by atoms with Gasteiger partial charge in [-0.3, -0.25) is 0 Å². The predicted octanol–water partition coefficient (Wildman–Crippen LogP) is 20.0.